The molecule has 0 saturated carbocycles. The van der Waals surface area contributed by atoms with Crippen molar-refractivity contribution in [3.8, 4) is 0 Å². The molecule has 0 aliphatic carbocycles. The number of fused-ring (bicyclic) bond motifs is 1. The van der Waals surface area contributed by atoms with Crippen molar-refractivity contribution in [1.82, 2.24) is 0 Å². The molecule has 0 unspecified atom stereocenters. The number of ether oxygens (including phenoxy) is 5. The zero-order valence-electron chi connectivity index (χ0n) is 18.4. The third kappa shape index (κ3) is 5.37. The number of carbonyl (C=O) groups excluding carboxylic acids is 4. The third-order valence-corrected chi connectivity index (χ3v) is 5.20. The Morgan fingerprint density at radius 2 is 1.47 bits per heavy atom. The van der Waals surface area contributed by atoms with Crippen LogP contribution in [0.3, 0.4) is 0 Å². The third-order valence-electron chi connectivity index (χ3n) is 5.20. The molecule has 0 aromatic heterocycles. The van der Waals surface area contributed by atoms with E-state index in [9.17, 15) is 19.2 Å². The van der Waals surface area contributed by atoms with Gasteiger partial charge in [0, 0.05) is 39.9 Å². The highest BCUT2D eigenvalue weighted by atomic mass is 16.7. The Balaban J connectivity index is 2.03. The van der Waals surface area contributed by atoms with Crippen LogP contribution in [0, 0.1) is 0 Å². The van der Waals surface area contributed by atoms with E-state index in [1.165, 1.54) is 27.7 Å². The molecule has 1 aromatic carbocycles. The lowest BCUT2D eigenvalue weighted by molar-refractivity contribution is -0.252. The Bertz CT molecular complexity index is 886. The minimum absolute atomic E-state index is 0.246. The number of esters is 4. The molecule has 0 bridgehead atoms. The van der Waals surface area contributed by atoms with Gasteiger partial charge in [-0.3, -0.25) is 19.2 Å². The van der Waals surface area contributed by atoms with Crippen LogP contribution in [0.5, 0.6) is 0 Å². The first-order chi connectivity index (χ1) is 15.2. The van der Waals surface area contributed by atoms with Gasteiger partial charge in [0.05, 0.1) is 0 Å². The van der Waals surface area contributed by atoms with Crippen molar-refractivity contribution in [3.05, 3.63) is 29.8 Å². The second-order valence-electron chi connectivity index (χ2n) is 7.66. The second kappa shape index (κ2) is 9.99. The summed E-state index contributed by atoms with van der Waals surface area (Å²) < 4.78 is 27.8. The summed E-state index contributed by atoms with van der Waals surface area (Å²) in [6.07, 6.45) is -4.53. The van der Waals surface area contributed by atoms with E-state index in [0.717, 1.165) is 17.7 Å². The summed E-state index contributed by atoms with van der Waals surface area (Å²) in [4.78, 5) is 49.0. The number of rotatable bonds is 6. The summed E-state index contributed by atoms with van der Waals surface area (Å²) in [6, 6.07) is 7.70. The second-order valence-corrected chi connectivity index (χ2v) is 7.66. The number of nitrogens with zero attached hydrogens (tertiary/aromatic N) is 1. The van der Waals surface area contributed by atoms with Gasteiger partial charge in [-0.2, -0.15) is 0 Å². The lowest BCUT2D eigenvalue weighted by Gasteiger charge is -2.47. The molecule has 0 radical (unpaired) electrons. The van der Waals surface area contributed by atoms with E-state index in [2.05, 4.69) is 0 Å². The van der Waals surface area contributed by atoms with Gasteiger partial charge in [-0.05, 0) is 18.1 Å². The van der Waals surface area contributed by atoms with E-state index in [-0.39, 0.29) is 6.61 Å². The fraction of sp³-hybridized carbons (Fsp3) is 0.545. The van der Waals surface area contributed by atoms with E-state index in [0.29, 0.717) is 6.54 Å². The number of hydrogen-bond donors (Lipinski definition) is 0. The summed E-state index contributed by atoms with van der Waals surface area (Å²) in [5.74, 6) is -2.48. The van der Waals surface area contributed by atoms with Crippen molar-refractivity contribution in [2.75, 3.05) is 18.1 Å². The average molecular weight is 449 g/mol. The summed E-state index contributed by atoms with van der Waals surface area (Å²) >= 11 is 0. The van der Waals surface area contributed by atoms with Crippen LogP contribution in [0.2, 0.25) is 0 Å². The number of carbonyl (C=O) groups is 4. The van der Waals surface area contributed by atoms with E-state index in [4.69, 9.17) is 23.7 Å². The van der Waals surface area contributed by atoms with Crippen molar-refractivity contribution >= 4 is 29.6 Å². The van der Waals surface area contributed by atoms with E-state index in [1.807, 2.05) is 29.2 Å². The van der Waals surface area contributed by atoms with E-state index < -0.39 is 54.5 Å². The molecule has 2 aliphatic rings. The number of benzene rings is 1. The molecule has 2 aliphatic heterocycles. The van der Waals surface area contributed by atoms with Crippen LogP contribution in [0.1, 0.15) is 33.3 Å². The predicted octanol–water partition coefficient (Wildman–Crippen LogP) is 1.13. The molecule has 0 N–H and O–H groups in total. The molecule has 2 heterocycles. The maximum atomic E-state index is 12.0. The van der Waals surface area contributed by atoms with Gasteiger partial charge in [0.1, 0.15) is 12.7 Å². The smallest absolute Gasteiger partial charge is 0.303 e. The fourth-order valence-electron chi connectivity index (χ4n) is 4.08. The summed E-state index contributed by atoms with van der Waals surface area (Å²) in [5.41, 5.74) is 1.97. The zero-order valence-corrected chi connectivity index (χ0v) is 18.4. The van der Waals surface area contributed by atoms with Crippen LogP contribution in [0.4, 0.5) is 5.69 Å². The maximum absolute atomic E-state index is 12.0. The van der Waals surface area contributed by atoms with E-state index >= 15 is 0 Å². The highest BCUT2D eigenvalue weighted by Gasteiger charge is 2.54. The average Bonchev–Trinajstić information content (AvgIpc) is 3.12. The highest BCUT2D eigenvalue weighted by Crippen LogP contribution is 2.37. The normalized spacial score (nSPS) is 26.6. The van der Waals surface area contributed by atoms with Crippen LogP contribution >= 0.6 is 0 Å². The molecule has 32 heavy (non-hydrogen) atoms. The lowest BCUT2D eigenvalue weighted by atomic mass is 9.96. The molecule has 1 fully saturated rings. The number of anilines is 1. The van der Waals surface area contributed by atoms with Gasteiger partial charge in [-0.1, -0.05) is 18.2 Å². The van der Waals surface area contributed by atoms with Crippen LogP contribution < -0.4 is 4.90 Å². The quantitative estimate of drug-likeness (QED) is 0.462. The van der Waals surface area contributed by atoms with Crippen molar-refractivity contribution in [2.45, 2.75) is 64.8 Å². The largest absolute Gasteiger partial charge is 0.463 e. The summed E-state index contributed by atoms with van der Waals surface area (Å²) in [5, 5.41) is 0. The molecule has 1 aromatic rings. The van der Waals surface area contributed by atoms with Gasteiger partial charge in [0.25, 0.3) is 0 Å². The van der Waals surface area contributed by atoms with Crippen LogP contribution in [-0.4, -0.2) is 67.7 Å². The molecule has 174 valence electrons. The Morgan fingerprint density at radius 1 is 0.875 bits per heavy atom. The first kappa shape index (κ1) is 23.5. The Labute approximate surface area is 185 Å². The van der Waals surface area contributed by atoms with Gasteiger partial charge in [0.15, 0.2) is 24.5 Å². The van der Waals surface area contributed by atoms with Gasteiger partial charge in [-0.25, -0.2) is 0 Å². The topological polar surface area (TPSA) is 118 Å². The molecule has 1 saturated heterocycles. The predicted molar refractivity (Wildman–Crippen MR) is 109 cm³/mol. The van der Waals surface area contributed by atoms with Crippen LogP contribution in [-0.2, 0) is 49.3 Å². The molecule has 5 atom stereocenters. The monoisotopic (exact) mass is 449 g/mol. The minimum atomic E-state index is -1.17. The Hall–Kier alpha value is -3.14. The van der Waals surface area contributed by atoms with Crippen LogP contribution in [0.15, 0.2) is 24.3 Å². The van der Waals surface area contributed by atoms with Crippen molar-refractivity contribution < 1.29 is 42.9 Å². The lowest BCUT2D eigenvalue weighted by Crippen LogP contribution is -2.66. The SMILES string of the molecule is CC(=O)OC[C@H]1O[C@@H](N2CCc3ccccc32)[C@H](OC(C)=O)[C@@H](OC(C)=O)[C@@H]1OC(C)=O. The van der Waals surface area contributed by atoms with Gasteiger partial charge >= 0.3 is 23.9 Å². The van der Waals surface area contributed by atoms with E-state index in [1.54, 1.807) is 0 Å². The van der Waals surface area contributed by atoms with Crippen molar-refractivity contribution in [2.24, 2.45) is 0 Å². The number of hydrogen-bond acceptors (Lipinski definition) is 10. The van der Waals surface area contributed by atoms with Crippen molar-refractivity contribution in [1.29, 1.82) is 0 Å². The molecule has 0 spiro atoms. The van der Waals surface area contributed by atoms with Gasteiger partial charge in [-0.15, -0.1) is 0 Å². The Morgan fingerprint density at radius 3 is 2.09 bits per heavy atom. The first-order valence-corrected chi connectivity index (χ1v) is 10.3. The van der Waals surface area contributed by atoms with Gasteiger partial charge in [0.2, 0.25) is 0 Å². The molecule has 10 nitrogen and oxygen atoms in total. The highest BCUT2D eigenvalue weighted by molar-refractivity contribution is 5.69. The molecule has 0 amide bonds. The molecule has 3 rings (SSSR count). The maximum Gasteiger partial charge on any atom is 0.303 e. The van der Waals surface area contributed by atoms with Crippen molar-refractivity contribution in [3.63, 3.8) is 0 Å². The molecular formula is C22H27NO9. The first-order valence-electron chi connectivity index (χ1n) is 10.3. The summed E-state index contributed by atoms with van der Waals surface area (Å²) in [6.45, 7) is 5.18. The zero-order chi connectivity index (χ0) is 23.4. The van der Waals surface area contributed by atoms with Gasteiger partial charge < -0.3 is 28.6 Å². The Kier molecular flexibility index (Phi) is 7.34. The van der Waals surface area contributed by atoms with Crippen LogP contribution in [0.25, 0.3) is 0 Å². The fourth-order valence-corrected chi connectivity index (χ4v) is 4.08. The molecular weight excluding hydrogens is 422 g/mol. The number of para-hydroxylation sites is 1. The minimum Gasteiger partial charge on any atom is -0.463 e. The summed E-state index contributed by atoms with van der Waals surface area (Å²) in [7, 11) is 0. The molecule has 10 heteroatoms. The standard InChI is InChI=1S/C22H27NO9/c1-12(24)28-11-18-19(29-13(2)25)20(30-14(3)26)21(31-15(4)27)22(32-18)23-10-9-16-7-5-6-8-17(16)23/h5-8,18-22H,9-11H2,1-4H3/t18-,19-,20+,21-,22-/m1/s1.